The topological polar surface area (TPSA) is 52.9 Å². The number of fused-ring (bicyclic) bond motifs is 4. The molecular weight excluding hydrogens is 392 g/mol. The van der Waals surface area contributed by atoms with Crippen molar-refractivity contribution in [2.75, 3.05) is 0 Å². The Morgan fingerprint density at radius 3 is 2.27 bits per heavy atom. The second-order valence-corrected chi connectivity index (χ2v) is 8.08. The highest BCUT2D eigenvalue weighted by Gasteiger charge is 2.18. The van der Waals surface area contributed by atoms with E-state index in [9.17, 15) is 0 Å². The van der Waals surface area contributed by atoms with E-state index < -0.39 is 0 Å². The van der Waals surface area contributed by atoms with E-state index in [1.54, 1.807) is 11.8 Å². The van der Waals surface area contributed by atoms with Crippen LogP contribution in [0.25, 0.3) is 33.5 Å². The first-order valence-electron chi connectivity index (χ1n) is 9.74. The Balaban J connectivity index is 1.46. The predicted octanol–water partition coefficient (Wildman–Crippen LogP) is 4.85. The van der Waals surface area contributed by atoms with Crippen molar-refractivity contribution in [3.05, 3.63) is 84.7 Å². The molecule has 0 aliphatic rings. The predicted molar refractivity (Wildman–Crippen MR) is 120 cm³/mol. The number of rotatable bonds is 4. The third kappa shape index (κ3) is 2.55. The Labute approximate surface area is 176 Å². The molecule has 0 unspecified atom stereocenters. The molecule has 0 radical (unpaired) electrons. The van der Waals surface area contributed by atoms with E-state index in [0.29, 0.717) is 0 Å². The molecule has 6 rings (SSSR count). The van der Waals surface area contributed by atoms with Crippen molar-refractivity contribution in [1.82, 2.24) is 28.7 Å². The standard InChI is InChI=1S/C23H18N6S/c1-27-18-12-6-5-11-17(18)24-21(27)15-30-23-26-25-22-28(16-9-3-2-4-10-16)19-13-7-8-14-20(19)29(22)23/h2-14H,15H2,1H3. The normalized spacial score (nSPS) is 11.8. The SMILES string of the molecule is Cn1c(CSc2nnc3n(-c4ccccc4)c4ccccc4n23)nc2ccccc21. The number of nitrogens with zero attached hydrogens (tertiary/aromatic N) is 6. The summed E-state index contributed by atoms with van der Waals surface area (Å²) in [7, 11) is 2.06. The summed E-state index contributed by atoms with van der Waals surface area (Å²) in [5.74, 6) is 2.55. The van der Waals surface area contributed by atoms with Gasteiger partial charge in [-0.2, -0.15) is 0 Å². The molecule has 146 valence electrons. The number of aromatic nitrogens is 6. The number of benzene rings is 3. The zero-order valence-corrected chi connectivity index (χ0v) is 17.1. The van der Waals surface area contributed by atoms with Crippen molar-refractivity contribution in [3.8, 4) is 5.69 Å². The molecule has 3 aromatic carbocycles. The quantitative estimate of drug-likeness (QED) is 0.390. The summed E-state index contributed by atoms with van der Waals surface area (Å²) < 4.78 is 6.44. The number of thioether (sulfide) groups is 1. The van der Waals surface area contributed by atoms with Crippen LogP contribution in [0.15, 0.2) is 84.0 Å². The van der Waals surface area contributed by atoms with E-state index in [4.69, 9.17) is 4.98 Å². The first-order valence-corrected chi connectivity index (χ1v) is 10.7. The Morgan fingerprint density at radius 2 is 1.47 bits per heavy atom. The molecule has 3 aromatic heterocycles. The maximum Gasteiger partial charge on any atom is 0.241 e. The lowest BCUT2D eigenvalue weighted by molar-refractivity contribution is 0.870. The largest absolute Gasteiger partial charge is 0.330 e. The molecule has 0 aliphatic carbocycles. The highest BCUT2D eigenvalue weighted by Crippen LogP contribution is 2.30. The van der Waals surface area contributed by atoms with Gasteiger partial charge in [-0.15, -0.1) is 10.2 Å². The summed E-state index contributed by atoms with van der Waals surface area (Å²) in [5, 5.41) is 9.91. The smallest absolute Gasteiger partial charge is 0.241 e. The van der Waals surface area contributed by atoms with E-state index in [1.165, 1.54) is 0 Å². The van der Waals surface area contributed by atoms with Gasteiger partial charge in [0.05, 0.1) is 27.8 Å². The Bertz CT molecular complexity index is 1510. The minimum absolute atomic E-state index is 0.719. The van der Waals surface area contributed by atoms with Crippen LogP contribution >= 0.6 is 11.8 Å². The number of hydrogen-bond donors (Lipinski definition) is 0. The molecule has 6 nitrogen and oxygen atoms in total. The van der Waals surface area contributed by atoms with Crippen molar-refractivity contribution in [1.29, 1.82) is 0 Å². The molecule has 0 atom stereocenters. The van der Waals surface area contributed by atoms with E-state index in [1.807, 2.05) is 36.4 Å². The van der Waals surface area contributed by atoms with Crippen molar-refractivity contribution < 1.29 is 0 Å². The molecule has 0 amide bonds. The van der Waals surface area contributed by atoms with Crippen LogP contribution in [0.2, 0.25) is 0 Å². The number of para-hydroxylation sites is 5. The molecule has 7 heteroatoms. The van der Waals surface area contributed by atoms with E-state index >= 15 is 0 Å². The van der Waals surface area contributed by atoms with Gasteiger partial charge in [-0.3, -0.25) is 8.97 Å². The number of imidazole rings is 2. The van der Waals surface area contributed by atoms with Crippen LogP contribution in [0, 0.1) is 0 Å². The zero-order valence-electron chi connectivity index (χ0n) is 16.3. The molecule has 0 saturated heterocycles. The summed E-state index contributed by atoms with van der Waals surface area (Å²) in [6.45, 7) is 0. The molecule has 6 aromatic rings. The fourth-order valence-corrected chi connectivity index (χ4v) is 4.87. The summed E-state index contributed by atoms with van der Waals surface area (Å²) in [5.41, 5.74) is 5.43. The fraction of sp³-hybridized carbons (Fsp3) is 0.0870. The van der Waals surface area contributed by atoms with Crippen LogP contribution in [0.5, 0.6) is 0 Å². The molecular formula is C23H18N6S. The maximum absolute atomic E-state index is 4.79. The molecule has 0 N–H and O–H groups in total. The average molecular weight is 411 g/mol. The molecule has 3 heterocycles. The lowest BCUT2D eigenvalue weighted by Crippen LogP contribution is -1.96. The van der Waals surface area contributed by atoms with Gasteiger partial charge >= 0.3 is 0 Å². The maximum atomic E-state index is 4.79. The Hall–Kier alpha value is -3.58. The van der Waals surface area contributed by atoms with Crippen LogP contribution in [0.3, 0.4) is 0 Å². The van der Waals surface area contributed by atoms with E-state index in [-0.39, 0.29) is 0 Å². The summed E-state index contributed by atoms with van der Waals surface area (Å²) >= 11 is 1.66. The van der Waals surface area contributed by atoms with E-state index in [2.05, 4.69) is 73.2 Å². The second kappa shape index (κ2) is 6.74. The van der Waals surface area contributed by atoms with Crippen LogP contribution in [0.4, 0.5) is 0 Å². The Kier molecular flexibility index (Phi) is 3.89. The third-order valence-corrected chi connectivity index (χ3v) is 6.33. The molecule has 0 bridgehead atoms. The van der Waals surface area contributed by atoms with E-state index in [0.717, 1.165) is 50.3 Å². The Morgan fingerprint density at radius 1 is 0.767 bits per heavy atom. The lowest BCUT2D eigenvalue weighted by Gasteiger charge is -2.03. The fourth-order valence-electron chi connectivity index (χ4n) is 3.95. The van der Waals surface area contributed by atoms with Gasteiger partial charge in [-0.1, -0.05) is 54.2 Å². The van der Waals surface area contributed by atoms with Crippen molar-refractivity contribution in [2.45, 2.75) is 10.9 Å². The van der Waals surface area contributed by atoms with Gasteiger partial charge in [0, 0.05) is 12.7 Å². The van der Waals surface area contributed by atoms with Gasteiger partial charge in [0.25, 0.3) is 0 Å². The number of aryl methyl sites for hydroxylation is 1. The van der Waals surface area contributed by atoms with Crippen LogP contribution in [-0.2, 0) is 12.8 Å². The minimum Gasteiger partial charge on any atom is -0.330 e. The van der Waals surface area contributed by atoms with Crippen LogP contribution in [-0.4, -0.2) is 28.7 Å². The highest BCUT2D eigenvalue weighted by molar-refractivity contribution is 7.98. The lowest BCUT2D eigenvalue weighted by atomic mass is 10.3. The van der Waals surface area contributed by atoms with Gasteiger partial charge in [0.1, 0.15) is 5.82 Å². The monoisotopic (exact) mass is 410 g/mol. The average Bonchev–Trinajstić information content (AvgIpc) is 3.44. The molecule has 30 heavy (non-hydrogen) atoms. The van der Waals surface area contributed by atoms with Gasteiger partial charge in [0.15, 0.2) is 5.16 Å². The third-order valence-electron chi connectivity index (χ3n) is 5.40. The van der Waals surface area contributed by atoms with Gasteiger partial charge < -0.3 is 4.57 Å². The first-order chi connectivity index (χ1) is 14.8. The van der Waals surface area contributed by atoms with Gasteiger partial charge in [0.2, 0.25) is 5.78 Å². The molecule has 0 aliphatic heterocycles. The summed E-state index contributed by atoms with van der Waals surface area (Å²) in [4.78, 5) is 4.79. The number of hydrogen-bond acceptors (Lipinski definition) is 4. The highest BCUT2D eigenvalue weighted by atomic mass is 32.2. The van der Waals surface area contributed by atoms with Gasteiger partial charge in [-0.25, -0.2) is 4.98 Å². The van der Waals surface area contributed by atoms with Crippen LogP contribution in [0.1, 0.15) is 5.82 Å². The van der Waals surface area contributed by atoms with Gasteiger partial charge in [-0.05, 0) is 36.4 Å². The molecule has 0 saturated carbocycles. The zero-order chi connectivity index (χ0) is 20.1. The minimum atomic E-state index is 0.719. The van der Waals surface area contributed by atoms with Crippen molar-refractivity contribution in [2.24, 2.45) is 7.05 Å². The summed E-state index contributed by atoms with van der Waals surface area (Å²) in [6, 6.07) is 26.8. The first kappa shape index (κ1) is 17.3. The molecule has 0 fully saturated rings. The summed E-state index contributed by atoms with van der Waals surface area (Å²) in [6.07, 6.45) is 0. The second-order valence-electron chi connectivity index (χ2n) is 7.14. The van der Waals surface area contributed by atoms with Crippen molar-refractivity contribution >= 4 is 39.6 Å². The van der Waals surface area contributed by atoms with Crippen LogP contribution < -0.4 is 0 Å². The van der Waals surface area contributed by atoms with Crippen molar-refractivity contribution in [3.63, 3.8) is 0 Å². The molecule has 0 spiro atoms.